The summed E-state index contributed by atoms with van der Waals surface area (Å²) in [4.78, 5) is 18.6. The Hall–Kier alpha value is -2.42. The third-order valence-corrected chi connectivity index (χ3v) is 5.28. The second-order valence-electron chi connectivity index (χ2n) is 7.11. The zero-order valence-corrected chi connectivity index (χ0v) is 16.0. The number of pyridine rings is 1. The number of carbonyl (C=O) groups is 1. The van der Waals surface area contributed by atoms with Crippen LogP contribution in [0, 0.1) is 13.8 Å². The minimum atomic E-state index is -4.44. The Labute approximate surface area is 161 Å². The van der Waals surface area contributed by atoms with Crippen LogP contribution in [0.4, 0.5) is 13.2 Å². The monoisotopic (exact) mass is 395 g/mol. The standard InChI is InChI=1S/C19H24F3N5O/c1-12-16(9-18(28)26-8-4-3-5-15(26)10-23)13(2)27(25-12)17-7-6-14(11-24-17)19(20,21)22/h6-7,11,15H,3-5,8-10,23H2,1-2H3/t15-/m1/s1. The number of aryl methyl sites for hydroxylation is 1. The van der Waals surface area contributed by atoms with Crippen LogP contribution in [0.1, 0.15) is 41.8 Å². The van der Waals surface area contributed by atoms with Gasteiger partial charge in [-0.25, -0.2) is 9.67 Å². The normalized spacial score (nSPS) is 17.8. The van der Waals surface area contributed by atoms with Crippen molar-refractivity contribution in [2.75, 3.05) is 13.1 Å². The Kier molecular flexibility index (Phi) is 5.74. The molecule has 1 saturated heterocycles. The third kappa shape index (κ3) is 4.04. The Balaban J connectivity index is 1.83. The van der Waals surface area contributed by atoms with E-state index in [2.05, 4.69) is 10.1 Å². The molecule has 152 valence electrons. The van der Waals surface area contributed by atoms with E-state index in [-0.39, 0.29) is 24.2 Å². The second-order valence-corrected chi connectivity index (χ2v) is 7.11. The van der Waals surface area contributed by atoms with Gasteiger partial charge in [-0.3, -0.25) is 4.79 Å². The minimum Gasteiger partial charge on any atom is -0.338 e. The van der Waals surface area contributed by atoms with Gasteiger partial charge < -0.3 is 10.6 Å². The highest BCUT2D eigenvalue weighted by atomic mass is 19.4. The summed E-state index contributed by atoms with van der Waals surface area (Å²) in [6, 6.07) is 2.32. The molecule has 3 heterocycles. The molecule has 0 saturated carbocycles. The van der Waals surface area contributed by atoms with Crippen molar-refractivity contribution >= 4 is 5.91 Å². The predicted molar refractivity (Wildman–Crippen MR) is 97.9 cm³/mol. The first kappa shape index (κ1) is 20.3. The topological polar surface area (TPSA) is 77.0 Å². The van der Waals surface area contributed by atoms with E-state index in [1.807, 2.05) is 4.90 Å². The summed E-state index contributed by atoms with van der Waals surface area (Å²) in [5.74, 6) is 0.284. The Morgan fingerprint density at radius 3 is 2.64 bits per heavy atom. The van der Waals surface area contributed by atoms with Crippen LogP contribution >= 0.6 is 0 Å². The molecule has 1 aliphatic heterocycles. The molecule has 3 rings (SSSR count). The van der Waals surface area contributed by atoms with Crippen LogP contribution in [0.25, 0.3) is 5.82 Å². The molecule has 1 amide bonds. The summed E-state index contributed by atoms with van der Waals surface area (Å²) in [6.45, 7) is 4.72. The van der Waals surface area contributed by atoms with Crippen LogP contribution < -0.4 is 5.73 Å². The van der Waals surface area contributed by atoms with E-state index < -0.39 is 11.7 Å². The molecule has 0 unspecified atom stereocenters. The van der Waals surface area contributed by atoms with Gasteiger partial charge in [0.15, 0.2) is 5.82 Å². The van der Waals surface area contributed by atoms with Crippen LogP contribution in [-0.4, -0.2) is 44.7 Å². The van der Waals surface area contributed by atoms with Gasteiger partial charge in [-0.1, -0.05) is 0 Å². The molecule has 0 spiro atoms. The van der Waals surface area contributed by atoms with Crippen molar-refractivity contribution < 1.29 is 18.0 Å². The maximum Gasteiger partial charge on any atom is 0.417 e. The minimum absolute atomic E-state index is 0.00118. The molecule has 0 aromatic carbocycles. The lowest BCUT2D eigenvalue weighted by Crippen LogP contribution is -2.48. The van der Waals surface area contributed by atoms with Gasteiger partial charge in [0.2, 0.25) is 5.91 Å². The van der Waals surface area contributed by atoms with Gasteiger partial charge in [-0.2, -0.15) is 18.3 Å². The first-order valence-corrected chi connectivity index (χ1v) is 9.30. The molecule has 2 aromatic rings. The molecule has 0 radical (unpaired) electrons. The highest BCUT2D eigenvalue weighted by Gasteiger charge is 2.31. The fraction of sp³-hybridized carbons (Fsp3) is 0.526. The van der Waals surface area contributed by atoms with Gasteiger partial charge in [0.25, 0.3) is 0 Å². The lowest BCUT2D eigenvalue weighted by Gasteiger charge is -2.35. The number of nitrogens with two attached hydrogens (primary N) is 1. The van der Waals surface area contributed by atoms with Crippen LogP contribution in [-0.2, 0) is 17.4 Å². The van der Waals surface area contributed by atoms with Gasteiger partial charge in [-0.15, -0.1) is 0 Å². The van der Waals surface area contributed by atoms with Gasteiger partial charge in [0.1, 0.15) is 0 Å². The number of carbonyl (C=O) groups excluding carboxylic acids is 1. The van der Waals surface area contributed by atoms with Gasteiger partial charge in [0.05, 0.1) is 17.7 Å². The molecule has 1 aliphatic rings. The maximum absolute atomic E-state index is 12.8. The molecular formula is C19H24F3N5O. The van der Waals surface area contributed by atoms with Gasteiger partial charge >= 0.3 is 6.18 Å². The fourth-order valence-corrected chi connectivity index (χ4v) is 3.66. The Morgan fingerprint density at radius 2 is 2.04 bits per heavy atom. The number of halogens is 3. The molecular weight excluding hydrogens is 371 g/mol. The van der Waals surface area contributed by atoms with Gasteiger partial charge in [0, 0.05) is 36.6 Å². The summed E-state index contributed by atoms with van der Waals surface area (Å²) in [6.07, 6.45) is -0.512. The van der Waals surface area contributed by atoms with Crippen molar-refractivity contribution in [2.24, 2.45) is 5.73 Å². The number of piperidine rings is 1. The van der Waals surface area contributed by atoms with Crippen molar-refractivity contribution in [3.05, 3.63) is 40.8 Å². The summed E-state index contributed by atoms with van der Waals surface area (Å²) < 4.78 is 39.7. The van der Waals surface area contributed by atoms with Crippen molar-refractivity contribution in [1.82, 2.24) is 19.7 Å². The van der Waals surface area contributed by atoms with E-state index in [1.165, 1.54) is 10.7 Å². The average Bonchev–Trinajstić information content (AvgIpc) is 2.95. The molecule has 28 heavy (non-hydrogen) atoms. The first-order chi connectivity index (χ1) is 13.2. The van der Waals surface area contributed by atoms with Crippen LogP contribution in [0.5, 0.6) is 0 Å². The molecule has 0 aliphatic carbocycles. The van der Waals surface area contributed by atoms with Gasteiger partial charge in [-0.05, 0) is 45.2 Å². The number of aromatic nitrogens is 3. The predicted octanol–water partition coefficient (Wildman–Crippen LogP) is 2.79. The van der Waals surface area contributed by atoms with Crippen molar-refractivity contribution in [3.8, 4) is 5.82 Å². The smallest absolute Gasteiger partial charge is 0.338 e. The molecule has 2 N–H and O–H groups in total. The first-order valence-electron chi connectivity index (χ1n) is 9.30. The summed E-state index contributed by atoms with van der Waals surface area (Å²) in [5.41, 5.74) is 7.12. The maximum atomic E-state index is 12.8. The highest BCUT2D eigenvalue weighted by molar-refractivity contribution is 5.79. The Bertz CT molecular complexity index is 844. The average molecular weight is 395 g/mol. The largest absolute Gasteiger partial charge is 0.417 e. The van der Waals surface area contributed by atoms with Crippen molar-refractivity contribution in [1.29, 1.82) is 0 Å². The summed E-state index contributed by atoms with van der Waals surface area (Å²) >= 11 is 0. The number of hydrogen-bond donors (Lipinski definition) is 1. The van der Waals surface area contributed by atoms with E-state index in [9.17, 15) is 18.0 Å². The SMILES string of the molecule is Cc1nn(-c2ccc(C(F)(F)F)cn2)c(C)c1CC(=O)N1CCCC[C@@H]1CN. The van der Waals surface area contributed by atoms with Crippen LogP contribution in [0.3, 0.4) is 0 Å². The lowest BCUT2D eigenvalue weighted by atomic mass is 10.0. The number of alkyl halides is 3. The Morgan fingerprint density at radius 1 is 1.29 bits per heavy atom. The zero-order chi connectivity index (χ0) is 20.5. The highest BCUT2D eigenvalue weighted by Crippen LogP contribution is 2.29. The molecule has 9 heteroatoms. The van der Waals surface area contributed by atoms with E-state index in [1.54, 1.807) is 13.8 Å². The van der Waals surface area contributed by atoms with Crippen molar-refractivity contribution in [3.63, 3.8) is 0 Å². The zero-order valence-electron chi connectivity index (χ0n) is 16.0. The van der Waals surface area contributed by atoms with Crippen molar-refractivity contribution in [2.45, 2.75) is 51.7 Å². The summed E-state index contributed by atoms with van der Waals surface area (Å²) in [5, 5.41) is 4.39. The number of rotatable bonds is 4. The quantitative estimate of drug-likeness (QED) is 0.864. The lowest BCUT2D eigenvalue weighted by molar-refractivity contribution is -0.138. The molecule has 0 bridgehead atoms. The molecule has 6 nitrogen and oxygen atoms in total. The second kappa shape index (κ2) is 7.90. The third-order valence-electron chi connectivity index (χ3n) is 5.28. The molecule has 2 aromatic heterocycles. The molecule has 1 fully saturated rings. The number of nitrogens with zero attached hydrogens (tertiary/aromatic N) is 4. The van der Waals surface area contributed by atoms with Crippen LogP contribution in [0.15, 0.2) is 18.3 Å². The van der Waals surface area contributed by atoms with Crippen LogP contribution in [0.2, 0.25) is 0 Å². The number of likely N-dealkylation sites (tertiary alicyclic amines) is 1. The number of amides is 1. The summed E-state index contributed by atoms with van der Waals surface area (Å²) in [7, 11) is 0. The van der Waals surface area contributed by atoms with E-state index in [0.717, 1.165) is 37.1 Å². The molecule has 1 atom stereocenters. The number of hydrogen-bond acceptors (Lipinski definition) is 4. The van der Waals surface area contributed by atoms with E-state index in [0.29, 0.717) is 24.5 Å². The van der Waals surface area contributed by atoms with E-state index >= 15 is 0 Å². The van der Waals surface area contributed by atoms with E-state index in [4.69, 9.17) is 5.73 Å². The fourth-order valence-electron chi connectivity index (χ4n) is 3.66.